The van der Waals surface area contributed by atoms with E-state index in [4.69, 9.17) is 4.74 Å². The molecule has 0 saturated heterocycles. The van der Waals surface area contributed by atoms with Gasteiger partial charge in [-0.2, -0.15) is 0 Å². The van der Waals surface area contributed by atoms with Crippen molar-refractivity contribution in [1.29, 1.82) is 0 Å². The van der Waals surface area contributed by atoms with Crippen molar-refractivity contribution < 1.29 is 27.1 Å². The average Bonchev–Trinajstić information content (AvgIpc) is 2.80. The first-order valence-corrected chi connectivity index (χ1v) is 11.2. The molecule has 3 aromatic rings. The molecule has 0 saturated carbocycles. The van der Waals surface area contributed by atoms with Crippen molar-refractivity contribution in [3.63, 3.8) is 0 Å². The van der Waals surface area contributed by atoms with Crippen LogP contribution in [0.15, 0.2) is 83.8 Å². The van der Waals surface area contributed by atoms with Crippen LogP contribution in [0.25, 0.3) is 0 Å². The lowest BCUT2D eigenvalue weighted by molar-refractivity contribution is -0.121. The Balaban J connectivity index is 1.68. The van der Waals surface area contributed by atoms with Gasteiger partial charge in [0.25, 0.3) is 15.9 Å². The van der Waals surface area contributed by atoms with Gasteiger partial charge in [-0.15, -0.1) is 0 Å². The molecule has 166 valence electrons. The van der Waals surface area contributed by atoms with Crippen LogP contribution in [0.2, 0.25) is 0 Å². The lowest BCUT2D eigenvalue weighted by Gasteiger charge is -2.20. The summed E-state index contributed by atoms with van der Waals surface area (Å²) in [7, 11) is -4.02. The number of nitrogens with zero attached hydrogens (tertiary/aromatic N) is 1. The number of carbonyl (C=O) groups is 2. The summed E-state index contributed by atoms with van der Waals surface area (Å²) >= 11 is 0. The van der Waals surface area contributed by atoms with Crippen molar-refractivity contribution in [3.05, 3.63) is 90.2 Å². The minimum Gasteiger partial charge on any atom is -0.452 e. The summed E-state index contributed by atoms with van der Waals surface area (Å²) in [6.07, 6.45) is 0. The second kappa shape index (κ2) is 10.1. The van der Waals surface area contributed by atoms with Crippen LogP contribution in [0.1, 0.15) is 17.3 Å². The minimum atomic E-state index is -4.02. The van der Waals surface area contributed by atoms with Crippen LogP contribution >= 0.6 is 0 Å². The van der Waals surface area contributed by atoms with Gasteiger partial charge in [-0.05, 0) is 61.5 Å². The smallest absolute Gasteiger partial charge is 0.338 e. The van der Waals surface area contributed by atoms with E-state index in [0.717, 1.165) is 18.2 Å². The standard InChI is InChI=1S/C23H21FN2O5S/c1-2-26(20-8-4-3-5-9-20)22(27)16-31-23(28)17-7-6-10-21(15-17)32(29,30)25-19-13-11-18(24)12-14-19/h3-15,25H,2,16H2,1H3. The Morgan fingerprint density at radius 3 is 2.31 bits per heavy atom. The minimum absolute atomic E-state index is 0.0254. The summed E-state index contributed by atoms with van der Waals surface area (Å²) in [4.78, 5) is 26.2. The second-order valence-electron chi connectivity index (χ2n) is 6.69. The maximum atomic E-state index is 13.0. The fraction of sp³-hybridized carbons (Fsp3) is 0.130. The van der Waals surface area contributed by atoms with E-state index in [1.165, 1.54) is 35.2 Å². The summed E-state index contributed by atoms with van der Waals surface area (Å²) in [5.41, 5.74) is 0.823. The first kappa shape index (κ1) is 23.0. The number of benzene rings is 3. The summed E-state index contributed by atoms with van der Waals surface area (Å²) < 4.78 is 45.6. The molecule has 0 atom stereocenters. The number of hydrogen-bond donors (Lipinski definition) is 1. The van der Waals surface area contributed by atoms with Crippen LogP contribution in [0.4, 0.5) is 15.8 Å². The monoisotopic (exact) mass is 456 g/mol. The summed E-state index contributed by atoms with van der Waals surface area (Å²) in [5.74, 6) is -1.74. The predicted molar refractivity (Wildman–Crippen MR) is 118 cm³/mol. The number of sulfonamides is 1. The highest BCUT2D eigenvalue weighted by molar-refractivity contribution is 7.92. The number of likely N-dealkylation sites (N-methyl/N-ethyl adjacent to an activating group) is 1. The molecule has 3 rings (SSSR count). The lowest BCUT2D eigenvalue weighted by Crippen LogP contribution is -2.34. The zero-order chi connectivity index (χ0) is 23.1. The van der Waals surface area contributed by atoms with E-state index in [0.29, 0.717) is 12.2 Å². The highest BCUT2D eigenvalue weighted by Gasteiger charge is 2.19. The topological polar surface area (TPSA) is 92.8 Å². The van der Waals surface area contributed by atoms with Gasteiger partial charge in [0.15, 0.2) is 6.61 Å². The number of ether oxygens (including phenoxy) is 1. The van der Waals surface area contributed by atoms with Crippen molar-refractivity contribution in [2.24, 2.45) is 0 Å². The molecule has 0 spiro atoms. The normalized spacial score (nSPS) is 10.9. The number of rotatable bonds is 8. The van der Waals surface area contributed by atoms with Gasteiger partial charge < -0.3 is 9.64 Å². The summed E-state index contributed by atoms with van der Waals surface area (Å²) in [6, 6.07) is 19.0. The van der Waals surface area contributed by atoms with Crippen LogP contribution < -0.4 is 9.62 Å². The maximum Gasteiger partial charge on any atom is 0.338 e. The molecular weight excluding hydrogens is 435 g/mol. The molecule has 0 unspecified atom stereocenters. The van der Waals surface area contributed by atoms with E-state index in [2.05, 4.69) is 4.72 Å². The van der Waals surface area contributed by atoms with Gasteiger partial charge in [-0.25, -0.2) is 17.6 Å². The molecule has 1 N–H and O–H groups in total. The van der Waals surface area contributed by atoms with Gasteiger partial charge in [0, 0.05) is 17.9 Å². The number of nitrogens with one attached hydrogen (secondary N) is 1. The Morgan fingerprint density at radius 1 is 0.969 bits per heavy atom. The molecule has 9 heteroatoms. The van der Waals surface area contributed by atoms with Gasteiger partial charge in [0.05, 0.1) is 10.5 Å². The number of para-hydroxylation sites is 1. The molecule has 32 heavy (non-hydrogen) atoms. The zero-order valence-electron chi connectivity index (χ0n) is 17.2. The SMILES string of the molecule is CCN(C(=O)COC(=O)c1cccc(S(=O)(=O)Nc2ccc(F)cc2)c1)c1ccccc1. The van der Waals surface area contributed by atoms with Crippen molar-refractivity contribution in [2.45, 2.75) is 11.8 Å². The maximum absolute atomic E-state index is 13.0. The summed E-state index contributed by atoms with van der Waals surface area (Å²) in [5, 5.41) is 0. The third-order valence-corrected chi connectivity index (χ3v) is 5.87. The predicted octanol–water partition coefficient (Wildman–Crippen LogP) is 3.84. The third-order valence-electron chi connectivity index (χ3n) is 4.49. The fourth-order valence-electron chi connectivity index (χ4n) is 2.92. The van der Waals surface area contributed by atoms with Crippen molar-refractivity contribution in [2.75, 3.05) is 22.8 Å². The van der Waals surface area contributed by atoms with E-state index in [9.17, 15) is 22.4 Å². The summed E-state index contributed by atoms with van der Waals surface area (Å²) in [6.45, 7) is 1.70. The second-order valence-corrected chi connectivity index (χ2v) is 8.37. The van der Waals surface area contributed by atoms with Crippen LogP contribution in [0.5, 0.6) is 0 Å². The van der Waals surface area contributed by atoms with Crippen molar-refractivity contribution in [3.8, 4) is 0 Å². The van der Waals surface area contributed by atoms with E-state index in [-0.39, 0.29) is 16.1 Å². The molecule has 3 aromatic carbocycles. The Labute approximate surface area is 185 Å². The Morgan fingerprint density at radius 2 is 1.66 bits per heavy atom. The molecular formula is C23H21FN2O5S. The Hall–Kier alpha value is -3.72. The van der Waals surface area contributed by atoms with Crippen LogP contribution in [0, 0.1) is 5.82 Å². The molecule has 0 radical (unpaired) electrons. The van der Waals surface area contributed by atoms with Crippen LogP contribution in [-0.4, -0.2) is 33.4 Å². The van der Waals surface area contributed by atoms with Gasteiger partial charge in [-0.1, -0.05) is 24.3 Å². The quantitative estimate of drug-likeness (QED) is 0.520. The molecule has 0 aliphatic rings. The molecule has 1 amide bonds. The molecule has 0 bridgehead atoms. The molecule has 0 aliphatic carbocycles. The van der Waals surface area contributed by atoms with Gasteiger partial charge in [-0.3, -0.25) is 9.52 Å². The first-order chi connectivity index (χ1) is 15.3. The number of hydrogen-bond acceptors (Lipinski definition) is 5. The number of esters is 1. The molecule has 0 heterocycles. The van der Waals surface area contributed by atoms with Crippen molar-refractivity contribution in [1.82, 2.24) is 0 Å². The first-order valence-electron chi connectivity index (χ1n) is 9.71. The lowest BCUT2D eigenvalue weighted by atomic mass is 10.2. The highest BCUT2D eigenvalue weighted by Crippen LogP contribution is 2.18. The van der Waals surface area contributed by atoms with Crippen LogP contribution in [-0.2, 0) is 19.6 Å². The van der Waals surface area contributed by atoms with E-state index < -0.39 is 34.3 Å². The van der Waals surface area contributed by atoms with E-state index in [1.54, 1.807) is 31.2 Å². The number of halogens is 1. The average molecular weight is 456 g/mol. The number of carbonyl (C=O) groups excluding carboxylic acids is 2. The Kier molecular flexibility index (Phi) is 7.21. The van der Waals surface area contributed by atoms with E-state index in [1.807, 2.05) is 6.07 Å². The van der Waals surface area contributed by atoms with Gasteiger partial charge in [0.2, 0.25) is 0 Å². The number of amides is 1. The molecule has 0 fully saturated rings. The van der Waals surface area contributed by atoms with Crippen molar-refractivity contribution >= 4 is 33.3 Å². The molecule has 0 aromatic heterocycles. The Bertz CT molecular complexity index is 1200. The fourth-order valence-corrected chi connectivity index (χ4v) is 4.03. The number of anilines is 2. The van der Waals surface area contributed by atoms with Gasteiger partial charge >= 0.3 is 5.97 Å². The molecule has 0 aliphatic heterocycles. The molecule has 7 nitrogen and oxygen atoms in total. The highest BCUT2D eigenvalue weighted by atomic mass is 32.2. The third kappa shape index (κ3) is 5.70. The van der Waals surface area contributed by atoms with Gasteiger partial charge in [0.1, 0.15) is 5.82 Å². The van der Waals surface area contributed by atoms with E-state index >= 15 is 0 Å². The van der Waals surface area contributed by atoms with Crippen LogP contribution in [0.3, 0.4) is 0 Å². The largest absolute Gasteiger partial charge is 0.452 e. The zero-order valence-corrected chi connectivity index (χ0v) is 18.0.